The zero-order valence-electron chi connectivity index (χ0n) is 12.0. The van der Waals surface area contributed by atoms with Crippen molar-refractivity contribution in [1.29, 1.82) is 0 Å². The Balaban J connectivity index is 2.02. The highest BCUT2D eigenvalue weighted by atomic mass is 32.2. The lowest BCUT2D eigenvalue weighted by Crippen LogP contribution is -2.18. The van der Waals surface area contributed by atoms with E-state index in [1.807, 2.05) is 11.3 Å². The van der Waals surface area contributed by atoms with Gasteiger partial charge in [-0.15, -0.1) is 23.1 Å². The Morgan fingerprint density at radius 3 is 2.89 bits per heavy atom. The first-order valence-corrected chi connectivity index (χ1v) is 10.1. The molecular formula is C14H24N2S3. The number of nitrogens with one attached hydrogen (secondary N) is 1. The van der Waals surface area contributed by atoms with Gasteiger partial charge in [-0.2, -0.15) is 11.8 Å². The number of aromatic nitrogens is 1. The molecule has 3 unspecified atom stereocenters. The van der Waals surface area contributed by atoms with E-state index in [0.717, 1.165) is 11.8 Å². The third-order valence-corrected chi connectivity index (χ3v) is 8.03. The van der Waals surface area contributed by atoms with E-state index >= 15 is 0 Å². The number of hydrogen-bond acceptors (Lipinski definition) is 5. The van der Waals surface area contributed by atoms with Crippen LogP contribution in [0.3, 0.4) is 0 Å². The molecule has 1 aliphatic rings. The van der Waals surface area contributed by atoms with E-state index in [0.29, 0.717) is 11.3 Å². The summed E-state index contributed by atoms with van der Waals surface area (Å²) < 4.78 is 0. The highest BCUT2D eigenvalue weighted by molar-refractivity contribution is 8.06. The molecule has 1 aliphatic heterocycles. The monoisotopic (exact) mass is 316 g/mol. The van der Waals surface area contributed by atoms with Crippen LogP contribution in [0.5, 0.6) is 0 Å². The molecule has 0 aliphatic carbocycles. The Kier molecular flexibility index (Phi) is 6.53. The molecular weight excluding hydrogens is 292 g/mol. The van der Waals surface area contributed by atoms with Crippen LogP contribution in [0.1, 0.15) is 54.8 Å². The molecule has 5 heteroatoms. The first kappa shape index (κ1) is 15.7. The first-order chi connectivity index (χ1) is 9.26. The molecule has 1 N–H and O–H groups in total. The van der Waals surface area contributed by atoms with Crippen molar-refractivity contribution < 1.29 is 0 Å². The van der Waals surface area contributed by atoms with Crippen LogP contribution in [0.2, 0.25) is 0 Å². The van der Waals surface area contributed by atoms with Crippen molar-refractivity contribution >= 4 is 34.9 Å². The summed E-state index contributed by atoms with van der Waals surface area (Å²) in [6.07, 6.45) is 4.52. The molecule has 0 amide bonds. The lowest BCUT2D eigenvalue weighted by molar-refractivity contribution is 0.577. The van der Waals surface area contributed by atoms with Gasteiger partial charge in [0.15, 0.2) is 0 Å². The second-order valence-electron chi connectivity index (χ2n) is 4.89. The maximum atomic E-state index is 4.71. The summed E-state index contributed by atoms with van der Waals surface area (Å²) in [4.78, 5) is 6.10. The molecule has 0 radical (unpaired) electrons. The van der Waals surface area contributed by atoms with Crippen LogP contribution in [-0.2, 0) is 0 Å². The average molecular weight is 317 g/mol. The van der Waals surface area contributed by atoms with Crippen LogP contribution in [0.25, 0.3) is 0 Å². The van der Waals surface area contributed by atoms with E-state index in [1.165, 1.54) is 34.2 Å². The van der Waals surface area contributed by atoms with E-state index in [-0.39, 0.29) is 0 Å². The van der Waals surface area contributed by atoms with Gasteiger partial charge in [-0.05, 0) is 26.3 Å². The van der Waals surface area contributed by atoms with E-state index in [2.05, 4.69) is 55.8 Å². The van der Waals surface area contributed by atoms with Crippen molar-refractivity contribution in [3.63, 3.8) is 0 Å². The summed E-state index contributed by atoms with van der Waals surface area (Å²) in [6.45, 7) is 7.84. The van der Waals surface area contributed by atoms with Crippen molar-refractivity contribution in [2.45, 2.75) is 50.2 Å². The normalized spacial score (nSPS) is 25.4. The van der Waals surface area contributed by atoms with Crippen molar-refractivity contribution in [2.75, 3.05) is 18.1 Å². The Bertz CT molecular complexity index is 381. The Morgan fingerprint density at radius 1 is 1.37 bits per heavy atom. The molecule has 3 atom stereocenters. The minimum Gasteiger partial charge on any atom is -0.309 e. The Labute approximate surface area is 129 Å². The predicted molar refractivity (Wildman–Crippen MR) is 90.6 cm³/mol. The number of hydrogen-bond donors (Lipinski definition) is 1. The zero-order chi connectivity index (χ0) is 13.7. The highest BCUT2D eigenvalue weighted by Gasteiger charge is 2.29. The lowest BCUT2D eigenvalue weighted by atomic mass is 10.2. The summed E-state index contributed by atoms with van der Waals surface area (Å²) in [6, 6.07) is 0.438. The molecule has 0 spiro atoms. The molecule has 2 rings (SSSR count). The number of thiazole rings is 1. The molecule has 0 saturated carbocycles. The van der Waals surface area contributed by atoms with Gasteiger partial charge in [0.1, 0.15) is 5.01 Å². The number of thioether (sulfide) groups is 2. The van der Waals surface area contributed by atoms with Gasteiger partial charge >= 0.3 is 0 Å². The van der Waals surface area contributed by atoms with Crippen molar-refractivity contribution in [3.05, 3.63) is 16.1 Å². The van der Waals surface area contributed by atoms with Crippen molar-refractivity contribution in [1.82, 2.24) is 10.3 Å². The van der Waals surface area contributed by atoms with Gasteiger partial charge in [0.05, 0.1) is 5.25 Å². The first-order valence-electron chi connectivity index (χ1n) is 7.18. The number of rotatable bonds is 6. The van der Waals surface area contributed by atoms with Gasteiger partial charge < -0.3 is 5.32 Å². The van der Waals surface area contributed by atoms with Crippen LogP contribution < -0.4 is 5.32 Å². The summed E-state index contributed by atoms with van der Waals surface area (Å²) >= 11 is 6.14. The maximum absolute atomic E-state index is 4.71. The van der Waals surface area contributed by atoms with Crippen molar-refractivity contribution in [3.8, 4) is 0 Å². The third-order valence-electron chi connectivity index (χ3n) is 3.36. The molecule has 1 fully saturated rings. The largest absolute Gasteiger partial charge is 0.309 e. The fourth-order valence-electron chi connectivity index (χ4n) is 2.23. The van der Waals surface area contributed by atoms with Gasteiger partial charge in [0.2, 0.25) is 0 Å². The zero-order valence-corrected chi connectivity index (χ0v) is 14.5. The van der Waals surface area contributed by atoms with Crippen LogP contribution in [0.15, 0.2) is 6.20 Å². The fourth-order valence-corrected chi connectivity index (χ4v) is 6.60. The average Bonchev–Trinajstić information content (AvgIpc) is 2.94. The molecule has 2 heterocycles. The molecule has 2 nitrogen and oxygen atoms in total. The smallest absolute Gasteiger partial charge is 0.107 e. The second-order valence-corrected chi connectivity index (χ2v) is 8.58. The minimum absolute atomic E-state index is 0.438. The topological polar surface area (TPSA) is 24.9 Å². The van der Waals surface area contributed by atoms with Gasteiger partial charge in [-0.1, -0.05) is 13.8 Å². The summed E-state index contributed by atoms with van der Waals surface area (Å²) in [5.41, 5.74) is 0. The molecule has 108 valence electrons. The van der Waals surface area contributed by atoms with Gasteiger partial charge in [0.25, 0.3) is 0 Å². The summed E-state index contributed by atoms with van der Waals surface area (Å²) in [5.74, 6) is 2.57. The van der Waals surface area contributed by atoms with Crippen molar-refractivity contribution in [2.24, 2.45) is 0 Å². The Morgan fingerprint density at radius 2 is 2.16 bits per heavy atom. The molecule has 0 aromatic carbocycles. The van der Waals surface area contributed by atoms with Crippen LogP contribution in [-0.4, -0.2) is 28.3 Å². The highest BCUT2D eigenvalue weighted by Crippen LogP contribution is 2.45. The molecule has 1 aromatic rings. The standard InChI is InChI=1S/C14H24N2S3/c1-4-6-15-10(3)12-9-16-14(19-12)13-11(5-2)17-7-8-18-13/h9-11,13,15H,4-8H2,1-3H3. The molecule has 1 saturated heterocycles. The fraction of sp³-hybridized carbons (Fsp3) is 0.786. The SMILES string of the molecule is CCCNC(C)c1cnc(C2SCCSC2CC)s1. The van der Waals surface area contributed by atoms with E-state index in [9.17, 15) is 0 Å². The van der Waals surface area contributed by atoms with Crippen LogP contribution in [0.4, 0.5) is 0 Å². The molecule has 0 bridgehead atoms. The third kappa shape index (κ3) is 4.13. The van der Waals surface area contributed by atoms with E-state index < -0.39 is 0 Å². The summed E-state index contributed by atoms with van der Waals surface area (Å²) in [7, 11) is 0. The predicted octanol–water partition coefficient (Wildman–Crippen LogP) is 4.50. The quantitative estimate of drug-likeness (QED) is 0.835. The minimum atomic E-state index is 0.438. The number of nitrogens with zero attached hydrogens (tertiary/aromatic N) is 1. The maximum Gasteiger partial charge on any atom is 0.107 e. The molecule has 1 aromatic heterocycles. The van der Waals surface area contributed by atoms with E-state index in [4.69, 9.17) is 4.98 Å². The lowest BCUT2D eigenvalue weighted by Gasteiger charge is -2.28. The summed E-state index contributed by atoms with van der Waals surface area (Å²) in [5, 5.41) is 6.24. The van der Waals surface area contributed by atoms with Crippen LogP contribution in [0, 0.1) is 0 Å². The van der Waals surface area contributed by atoms with Gasteiger partial charge in [-0.25, -0.2) is 4.98 Å². The van der Waals surface area contributed by atoms with E-state index in [1.54, 1.807) is 0 Å². The van der Waals surface area contributed by atoms with Gasteiger partial charge in [-0.3, -0.25) is 0 Å². The Hall–Kier alpha value is 0.290. The second kappa shape index (κ2) is 7.91. The van der Waals surface area contributed by atoms with Crippen LogP contribution >= 0.6 is 34.9 Å². The van der Waals surface area contributed by atoms with Gasteiger partial charge in [0, 0.05) is 33.9 Å². The molecule has 19 heavy (non-hydrogen) atoms.